The van der Waals surface area contributed by atoms with Gasteiger partial charge in [0.1, 0.15) is 5.75 Å². The first-order valence-electron chi connectivity index (χ1n) is 16.3. The van der Waals surface area contributed by atoms with Crippen molar-refractivity contribution in [2.45, 2.75) is 78.0 Å². The number of nitrogens with zero attached hydrogens (tertiary/aromatic N) is 2. The van der Waals surface area contributed by atoms with E-state index in [1.807, 2.05) is 24.3 Å². The number of ether oxygens (including phenoxy) is 1. The normalized spacial score (nSPS) is 26.9. The molecule has 3 aliphatic heterocycles. The van der Waals surface area contributed by atoms with Crippen molar-refractivity contribution in [2.75, 3.05) is 19.7 Å². The number of hydrogen-bond acceptors (Lipinski definition) is 5. The van der Waals surface area contributed by atoms with Crippen LogP contribution in [0.1, 0.15) is 70.4 Å². The van der Waals surface area contributed by atoms with Crippen LogP contribution in [0.5, 0.6) is 5.75 Å². The minimum atomic E-state index is -0.292. The van der Waals surface area contributed by atoms with E-state index >= 15 is 0 Å². The summed E-state index contributed by atoms with van der Waals surface area (Å²) in [5.74, 6) is 0.145. The van der Waals surface area contributed by atoms with Gasteiger partial charge >= 0.3 is 0 Å². The highest BCUT2D eigenvalue weighted by molar-refractivity contribution is 6.06. The van der Waals surface area contributed by atoms with Gasteiger partial charge in [0.2, 0.25) is 11.8 Å². The van der Waals surface area contributed by atoms with Crippen molar-refractivity contribution < 1.29 is 19.4 Å². The number of hydrogen-bond donors (Lipinski definition) is 1. The third-order valence-electron chi connectivity index (χ3n) is 10.3. The van der Waals surface area contributed by atoms with E-state index in [4.69, 9.17) is 4.74 Å². The summed E-state index contributed by atoms with van der Waals surface area (Å²) in [7, 11) is 0. The van der Waals surface area contributed by atoms with E-state index in [0.29, 0.717) is 24.7 Å². The molecule has 3 heterocycles. The van der Waals surface area contributed by atoms with E-state index in [0.717, 1.165) is 57.3 Å². The number of piperidine rings is 1. The summed E-state index contributed by atoms with van der Waals surface area (Å²) in [5.41, 5.74) is 6.04. The van der Waals surface area contributed by atoms with Gasteiger partial charge in [-0.25, -0.2) is 0 Å². The second kappa shape index (κ2) is 12.8. The fraction of sp³-hybridized carbons (Fsp3) is 0.514. The number of amides is 2. The average Bonchev–Trinajstić information content (AvgIpc) is 3.54. The molecule has 1 N–H and O–H groups in total. The van der Waals surface area contributed by atoms with Crippen molar-refractivity contribution in [3.05, 3.63) is 82.4 Å². The number of carbonyl (C=O) groups is 2. The minimum absolute atomic E-state index is 0.00616. The molecule has 4 aliphatic rings. The molecule has 43 heavy (non-hydrogen) atoms. The first-order valence-corrected chi connectivity index (χ1v) is 16.3. The number of allylic oxidation sites excluding steroid dienone is 2. The van der Waals surface area contributed by atoms with E-state index in [2.05, 4.69) is 56.0 Å². The Balaban J connectivity index is 1.15. The summed E-state index contributed by atoms with van der Waals surface area (Å²) in [6, 6.07) is 17.9. The van der Waals surface area contributed by atoms with Gasteiger partial charge in [0, 0.05) is 37.2 Å². The predicted octanol–water partition coefficient (Wildman–Crippen LogP) is 6.60. The SMILES string of the molecule is CC/C(=C\c1ccccc1O)CC[C@H]1OC[C@H]2C1=C(C(C)C)C[C@H]1C(=O)N(C3CCN(Cc4ccccc4)CC3)C(=O)[C@H]12. The Hall–Kier alpha value is -3.22. The number of aromatic hydroxyl groups is 1. The van der Waals surface area contributed by atoms with Crippen LogP contribution in [-0.4, -0.2) is 58.6 Å². The number of fused-ring (bicyclic) bond motifs is 3. The van der Waals surface area contributed by atoms with Gasteiger partial charge in [0.05, 0.1) is 24.5 Å². The molecule has 0 unspecified atom stereocenters. The molecule has 0 saturated carbocycles. The van der Waals surface area contributed by atoms with E-state index in [1.54, 1.807) is 11.0 Å². The largest absolute Gasteiger partial charge is 0.507 e. The van der Waals surface area contributed by atoms with Crippen LogP contribution in [0.3, 0.4) is 0 Å². The Morgan fingerprint density at radius 1 is 1.00 bits per heavy atom. The number of likely N-dealkylation sites (tertiary alicyclic amines) is 2. The third kappa shape index (κ3) is 5.97. The van der Waals surface area contributed by atoms with Crippen molar-refractivity contribution in [1.82, 2.24) is 9.80 Å². The van der Waals surface area contributed by atoms with E-state index in [-0.39, 0.29) is 41.7 Å². The Labute approximate surface area is 256 Å². The zero-order valence-corrected chi connectivity index (χ0v) is 25.9. The summed E-state index contributed by atoms with van der Waals surface area (Å²) < 4.78 is 6.47. The Bertz CT molecular complexity index is 1390. The maximum absolute atomic E-state index is 14.1. The average molecular weight is 583 g/mol. The molecule has 2 aromatic rings. The van der Waals surface area contributed by atoms with Crippen LogP contribution in [0.15, 0.2) is 71.3 Å². The fourth-order valence-electron chi connectivity index (χ4n) is 8.02. The van der Waals surface area contributed by atoms with Crippen molar-refractivity contribution in [3.63, 3.8) is 0 Å². The summed E-state index contributed by atoms with van der Waals surface area (Å²) in [6.45, 7) is 9.80. The maximum atomic E-state index is 14.1. The smallest absolute Gasteiger partial charge is 0.234 e. The summed E-state index contributed by atoms with van der Waals surface area (Å²) in [5, 5.41) is 10.3. The van der Waals surface area contributed by atoms with Crippen LogP contribution < -0.4 is 0 Å². The van der Waals surface area contributed by atoms with Gasteiger partial charge in [0.25, 0.3) is 0 Å². The zero-order valence-electron chi connectivity index (χ0n) is 25.9. The number of benzene rings is 2. The molecule has 6 rings (SSSR count). The summed E-state index contributed by atoms with van der Waals surface area (Å²) >= 11 is 0. The molecule has 0 bridgehead atoms. The van der Waals surface area contributed by atoms with E-state index in [1.165, 1.54) is 22.3 Å². The second-order valence-electron chi connectivity index (χ2n) is 13.2. The van der Waals surface area contributed by atoms with Crippen molar-refractivity contribution in [2.24, 2.45) is 23.7 Å². The first kappa shape index (κ1) is 29.8. The van der Waals surface area contributed by atoms with Crippen LogP contribution in [0, 0.1) is 23.7 Å². The molecule has 3 fully saturated rings. The summed E-state index contributed by atoms with van der Waals surface area (Å²) in [4.78, 5) is 32.1. The second-order valence-corrected chi connectivity index (χ2v) is 13.2. The van der Waals surface area contributed by atoms with Crippen molar-refractivity contribution in [3.8, 4) is 5.75 Å². The van der Waals surface area contributed by atoms with Gasteiger partial charge in [-0.15, -0.1) is 0 Å². The molecular formula is C37H46N2O4. The van der Waals surface area contributed by atoms with Crippen LogP contribution >= 0.6 is 0 Å². The Morgan fingerprint density at radius 2 is 1.72 bits per heavy atom. The van der Waals surface area contributed by atoms with Crippen LogP contribution in [0.2, 0.25) is 0 Å². The Morgan fingerprint density at radius 3 is 2.42 bits per heavy atom. The number of phenols is 1. The molecule has 228 valence electrons. The summed E-state index contributed by atoms with van der Waals surface area (Å²) in [6.07, 6.45) is 7.04. The van der Waals surface area contributed by atoms with Gasteiger partial charge in [0.15, 0.2) is 0 Å². The molecular weight excluding hydrogens is 536 g/mol. The van der Waals surface area contributed by atoms with E-state index in [9.17, 15) is 14.7 Å². The monoisotopic (exact) mass is 582 g/mol. The Kier molecular flexibility index (Phi) is 8.88. The molecule has 0 spiro atoms. The number of carbonyl (C=O) groups excluding carboxylic acids is 2. The quantitative estimate of drug-likeness (QED) is 0.266. The van der Waals surface area contributed by atoms with Gasteiger partial charge in [-0.1, -0.05) is 86.5 Å². The van der Waals surface area contributed by atoms with Crippen LogP contribution in [0.4, 0.5) is 0 Å². The molecule has 3 saturated heterocycles. The lowest BCUT2D eigenvalue weighted by atomic mass is 9.67. The van der Waals surface area contributed by atoms with E-state index < -0.39 is 0 Å². The highest BCUT2D eigenvalue weighted by Crippen LogP contribution is 2.52. The third-order valence-corrected chi connectivity index (χ3v) is 10.3. The maximum Gasteiger partial charge on any atom is 0.234 e. The van der Waals surface area contributed by atoms with Crippen LogP contribution in [-0.2, 0) is 20.9 Å². The van der Waals surface area contributed by atoms with Gasteiger partial charge < -0.3 is 9.84 Å². The van der Waals surface area contributed by atoms with Crippen LogP contribution in [0.25, 0.3) is 6.08 Å². The number of para-hydroxylation sites is 1. The molecule has 2 amide bonds. The molecule has 1 aliphatic carbocycles. The molecule has 6 nitrogen and oxygen atoms in total. The standard InChI is InChI=1S/C37H46N2O4/c1-4-25(20-27-12-8-9-13-32(27)40)14-15-33-34-29(24(2)3)21-30-35(31(34)23-43-33)37(42)39(36(30)41)28-16-18-38(19-17-28)22-26-10-6-5-7-11-26/h5-13,20,24,28,30-31,33,35,40H,4,14-19,21-23H2,1-3H3/b25-20+/t30-,31+,33-,35-/m1/s1. The molecule has 4 atom stereocenters. The number of phenolic OH excluding ortho intramolecular Hbond substituents is 1. The molecule has 2 aromatic carbocycles. The highest BCUT2D eigenvalue weighted by atomic mass is 16.5. The molecule has 0 aromatic heterocycles. The minimum Gasteiger partial charge on any atom is -0.507 e. The lowest BCUT2D eigenvalue weighted by Crippen LogP contribution is -2.47. The highest BCUT2D eigenvalue weighted by Gasteiger charge is 2.58. The molecule has 6 heteroatoms. The predicted molar refractivity (Wildman–Crippen MR) is 169 cm³/mol. The number of imide groups is 1. The topological polar surface area (TPSA) is 70.1 Å². The number of rotatable bonds is 9. The lowest BCUT2D eigenvalue weighted by molar-refractivity contribution is -0.144. The van der Waals surface area contributed by atoms with Crippen molar-refractivity contribution >= 4 is 17.9 Å². The molecule has 0 radical (unpaired) electrons. The van der Waals surface area contributed by atoms with Gasteiger partial charge in [-0.05, 0) is 61.6 Å². The van der Waals surface area contributed by atoms with Gasteiger partial charge in [-0.3, -0.25) is 19.4 Å². The lowest BCUT2D eigenvalue weighted by Gasteiger charge is -2.36. The van der Waals surface area contributed by atoms with Gasteiger partial charge in [-0.2, -0.15) is 0 Å². The fourth-order valence-corrected chi connectivity index (χ4v) is 8.02. The van der Waals surface area contributed by atoms with Crippen molar-refractivity contribution in [1.29, 1.82) is 0 Å². The first-order chi connectivity index (χ1) is 20.9. The zero-order chi connectivity index (χ0) is 30.1.